The Balaban J connectivity index is 2.53. The maximum absolute atomic E-state index is 12.8. The van der Waals surface area contributed by atoms with Crippen LogP contribution in [0.5, 0.6) is 5.75 Å². The van der Waals surface area contributed by atoms with Crippen molar-refractivity contribution in [1.29, 1.82) is 0 Å². The minimum absolute atomic E-state index is 0.0136. The lowest BCUT2D eigenvalue weighted by molar-refractivity contribution is -0.138. The molecule has 6 nitrogen and oxygen atoms in total. The fraction of sp³-hybridized carbons (Fsp3) is 0.333. The highest BCUT2D eigenvalue weighted by Crippen LogP contribution is 2.33. The third-order valence-corrected chi connectivity index (χ3v) is 4.29. The van der Waals surface area contributed by atoms with Gasteiger partial charge in [0.2, 0.25) is 0 Å². The van der Waals surface area contributed by atoms with E-state index in [1.165, 1.54) is 17.0 Å². The number of benzene rings is 1. The standard InChI is InChI=1S/C18H20BrNO5/c1-4-25-18(23)16-11(2)20(7-8-24-3)17(22)14(16)10-12-9-13(19)5-6-15(12)21/h5-6,9-10,21H,4,7-8H2,1-3H3/b14-10-. The average molecular weight is 410 g/mol. The lowest BCUT2D eigenvalue weighted by Crippen LogP contribution is -2.28. The molecule has 1 N–H and O–H groups in total. The summed E-state index contributed by atoms with van der Waals surface area (Å²) in [5.41, 5.74) is 1.35. The van der Waals surface area contributed by atoms with Crippen LogP contribution in [-0.2, 0) is 19.1 Å². The summed E-state index contributed by atoms with van der Waals surface area (Å²) in [5.74, 6) is -0.870. The van der Waals surface area contributed by atoms with Crippen LogP contribution >= 0.6 is 15.9 Å². The van der Waals surface area contributed by atoms with Gasteiger partial charge in [-0.05, 0) is 38.1 Å². The van der Waals surface area contributed by atoms with E-state index in [-0.39, 0.29) is 29.4 Å². The molecule has 0 unspecified atom stereocenters. The van der Waals surface area contributed by atoms with Crippen molar-refractivity contribution in [3.05, 3.63) is 45.1 Å². The van der Waals surface area contributed by atoms with Gasteiger partial charge in [-0.2, -0.15) is 0 Å². The summed E-state index contributed by atoms with van der Waals surface area (Å²) in [7, 11) is 1.54. The molecule has 2 rings (SSSR count). The molecule has 25 heavy (non-hydrogen) atoms. The monoisotopic (exact) mass is 409 g/mol. The summed E-state index contributed by atoms with van der Waals surface area (Å²) in [6, 6.07) is 4.87. The van der Waals surface area contributed by atoms with Crippen LogP contribution in [0.25, 0.3) is 6.08 Å². The highest BCUT2D eigenvalue weighted by atomic mass is 79.9. The highest BCUT2D eigenvalue weighted by Gasteiger charge is 2.37. The van der Waals surface area contributed by atoms with Crippen LogP contribution in [0.4, 0.5) is 0 Å². The van der Waals surface area contributed by atoms with Crippen molar-refractivity contribution < 1.29 is 24.2 Å². The summed E-state index contributed by atoms with van der Waals surface area (Å²) < 4.78 is 10.9. The molecule has 1 heterocycles. The summed E-state index contributed by atoms with van der Waals surface area (Å²) in [4.78, 5) is 26.7. The van der Waals surface area contributed by atoms with E-state index in [2.05, 4.69) is 15.9 Å². The van der Waals surface area contributed by atoms with E-state index in [0.29, 0.717) is 24.4 Å². The quantitative estimate of drug-likeness (QED) is 0.577. The number of hydrogen-bond donors (Lipinski definition) is 1. The second-order valence-electron chi connectivity index (χ2n) is 5.39. The van der Waals surface area contributed by atoms with Crippen molar-refractivity contribution in [1.82, 2.24) is 4.90 Å². The maximum Gasteiger partial charge on any atom is 0.340 e. The molecule has 0 saturated heterocycles. The number of allylic oxidation sites excluding steroid dienone is 1. The van der Waals surface area contributed by atoms with Gasteiger partial charge in [-0.15, -0.1) is 0 Å². The lowest BCUT2D eigenvalue weighted by Gasteiger charge is -2.16. The number of carbonyl (C=O) groups excluding carboxylic acids is 2. The summed E-state index contributed by atoms with van der Waals surface area (Å²) >= 11 is 3.33. The van der Waals surface area contributed by atoms with Gasteiger partial charge in [0, 0.05) is 29.4 Å². The van der Waals surface area contributed by atoms with Crippen molar-refractivity contribution in [2.45, 2.75) is 13.8 Å². The first-order valence-corrected chi connectivity index (χ1v) is 8.59. The molecule has 134 valence electrons. The molecule has 0 bridgehead atoms. The molecule has 0 saturated carbocycles. The maximum atomic E-state index is 12.8. The van der Waals surface area contributed by atoms with Gasteiger partial charge in [-0.25, -0.2) is 4.79 Å². The Labute approximate surface area is 154 Å². The van der Waals surface area contributed by atoms with E-state index < -0.39 is 5.97 Å². The second kappa shape index (κ2) is 8.31. The zero-order valence-electron chi connectivity index (χ0n) is 14.3. The minimum Gasteiger partial charge on any atom is -0.507 e. The average Bonchev–Trinajstić information content (AvgIpc) is 2.80. The summed E-state index contributed by atoms with van der Waals surface area (Å²) in [6.45, 7) is 4.27. The van der Waals surface area contributed by atoms with E-state index >= 15 is 0 Å². The number of esters is 1. The molecule has 0 aromatic heterocycles. The molecule has 0 aliphatic carbocycles. The van der Waals surface area contributed by atoms with Crippen LogP contribution in [-0.4, -0.2) is 48.8 Å². The van der Waals surface area contributed by atoms with Crippen LogP contribution in [0.15, 0.2) is 39.5 Å². The number of amides is 1. The van der Waals surface area contributed by atoms with Crippen LogP contribution in [0.2, 0.25) is 0 Å². The molecule has 1 aromatic carbocycles. The van der Waals surface area contributed by atoms with Gasteiger partial charge < -0.3 is 19.5 Å². The first-order valence-electron chi connectivity index (χ1n) is 7.80. The Bertz CT molecular complexity index is 754. The Morgan fingerprint density at radius 1 is 1.40 bits per heavy atom. The first-order chi connectivity index (χ1) is 11.9. The Hall–Kier alpha value is -2.12. The lowest BCUT2D eigenvalue weighted by atomic mass is 10.0. The van der Waals surface area contributed by atoms with Crippen molar-refractivity contribution >= 4 is 33.9 Å². The molecule has 0 atom stereocenters. The number of hydrogen-bond acceptors (Lipinski definition) is 5. The largest absolute Gasteiger partial charge is 0.507 e. The SMILES string of the molecule is CCOC(=O)C1=C(C)N(CCOC)C(=O)/C1=C\c1cc(Br)ccc1O. The van der Waals surface area contributed by atoms with Gasteiger partial charge in [0.15, 0.2) is 0 Å². The molecule has 0 fully saturated rings. The molecule has 0 radical (unpaired) electrons. The van der Waals surface area contributed by atoms with Gasteiger partial charge in [-0.1, -0.05) is 15.9 Å². The minimum atomic E-state index is -0.561. The summed E-state index contributed by atoms with van der Waals surface area (Å²) in [6.07, 6.45) is 1.50. The van der Waals surface area contributed by atoms with Gasteiger partial charge >= 0.3 is 5.97 Å². The van der Waals surface area contributed by atoms with Crippen LogP contribution in [0.3, 0.4) is 0 Å². The van der Waals surface area contributed by atoms with E-state index in [1.807, 2.05) is 0 Å². The number of halogens is 1. The van der Waals surface area contributed by atoms with Crippen molar-refractivity contribution in [3.63, 3.8) is 0 Å². The topological polar surface area (TPSA) is 76.1 Å². The van der Waals surface area contributed by atoms with Crippen molar-refractivity contribution in [2.24, 2.45) is 0 Å². The van der Waals surface area contributed by atoms with Crippen LogP contribution < -0.4 is 0 Å². The zero-order valence-corrected chi connectivity index (χ0v) is 15.9. The number of nitrogens with zero attached hydrogens (tertiary/aromatic N) is 1. The zero-order chi connectivity index (χ0) is 18.6. The molecule has 1 aliphatic heterocycles. The molecule has 7 heteroatoms. The Morgan fingerprint density at radius 2 is 2.12 bits per heavy atom. The number of carbonyl (C=O) groups is 2. The Kier molecular flexibility index (Phi) is 6.39. The predicted octanol–water partition coefficient (Wildman–Crippen LogP) is 2.86. The van der Waals surface area contributed by atoms with Gasteiger partial charge in [0.1, 0.15) is 5.75 Å². The molecule has 1 amide bonds. The normalized spacial score (nSPS) is 16.1. The van der Waals surface area contributed by atoms with Crippen molar-refractivity contribution in [3.8, 4) is 5.75 Å². The van der Waals surface area contributed by atoms with Gasteiger partial charge in [0.05, 0.1) is 24.4 Å². The first kappa shape index (κ1) is 19.2. The fourth-order valence-electron chi connectivity index (χ4n) is 2.58. The number of aromatic hydroxyl groups is 1. The van der Waals surface area contributed by atoms with Crippen molar-refractivity contribution in [2.75, 3.05) is 26.9 Å². The van der Waals surface area contributed by atoms with E-state index in [9.17, 15) is 14.7 Å². The van der Waals surface area contributed by atoms with Crippen LogP contribution in [0.1, 0.15) is 19.4 Å². The van der Waals surface area contributed by atoms with Gasteiger partial charge in [-0.3, -0.25) is 4.79 Å². The number of methoxy groups -OCH3 is 1. The van der Waals surface area contributed by atoms with Crippen LogP contribution in [0, 0.1) is 0 Å². The van der Waals surface area contributed by atoms with E-state index in [4.69, 9.17) is 9.47 Å². The van der Waals surface area contributed by atoms with E-state index in [0.717, 1.165) is 4.47 Å². The molecular weight excluding hydrogens is 390 g/mol. The third kappa shape index (κ3) is 4.11. The smallest absolute Gasteiger partial charge is 0.340 e. The number of phenols is 1. The number of ether oxygens (including phenoxy) is 2. The molecular formula is C18H20BrNO5. The molecule has 1 aliphatic rings. The highest BCUT2D eigenvalue weighted by molar-refractivity contribution is 9.10. The second-order valence-corrected chi connectivity index (χ2v) is 6.31. The molecule has 0 spiro atoms. The van der Waals surface area contributed by atoms with Gasteiger partial charge in [0.25, 0.3) is 5.91 Å². The fourth-order valence-corrected chi connectivity index (χ4v) is 2.96. The third-order valence-electron chi connectivity index (χ3n) is 3.80. The van der Waals surface area contributed by atoms with E-state index in [1.54, 1.807) is 33.1 Å². The summed E-state index contributed by atoms with van der Waals surface area (Å²) in [5, 5.41) is 10.0. The molecule has 1 aromatic rings. The predicted molar refractivity (Wildman–Crippen MR) is 96.7 cm³/mol. The Morgan fingerprint density at radius 3 is 2.76 bits per heavy atom. The number of phenolic OH excluding ortho intramolecular Hbond substituents is 1. The number of rotatable bonds is 6.